The Kier molecular flexibility index (Phi) is 5.74. The van der Waals surface area contributed by atoms with E-state index >= 15 is 0 Å². The standard InChI is InChI=1S/C19H24ClN5O3S/c1-12-6-14(7-16(20)21-12)19-22-17(24-29(3,26)15-10-28-11-15)8-18(23-19)25-4-5-27-9-13(25)2/h6-8,13,15H,4-5,9-11H2,1-3H3/t13-,29+/m1/s1. The molecule has 0 bridgehead atoms. The molecule has 0 radical (unpaired) electrons. The number of nitrogens with zero attached hydrogens (tertiary/aromatic N) is 5. The Balaban J connectivity index is 1.83. The smallest absolute Gasteiger partial charge is 0.167 e. The summed E-state index contributed by atoms with van der Waals surface area (Å²) in [7, 11) is -2.47. The van der Waals surface area contributed by atoms with Crippen molar-refractivity contribution in [3.8, 4) is 11.4 Å². The van der Waals surface area contributed by atoms with E-state index in [0.29, 0.717) is 49.8 Å². The van der Waals surface area contributed by atoms with Gasteiger partial charge in [0.05, 0.1) is 47.4 Å². The Morgan fingerprint density at radius 3 is 2.62 bits per heavy atom. The predicted octanol–water partition coefficient (Wildman–Crippen LogP) is 2.85. The predicted molar refractivity (Wildman–Crippen MR) is 113 cm³/mol. The molecular weight excluding hydrogens is 414 g/mol. The van der Waals surface area contributed by atoms with E-state index in [4.69, 9.17) is 26.1 Å². The molecule has 8 nitrogen and oxygen atoms in total. The van der Waals surface area contributed by atoms with Gasteiger partial charge in [0.1, 0.15) is 11.0 Å². The van der Waals surface area contributed by atoms with Crippen molar-refractivity contribution in [3.05, 3.63) is 29.0 Å². The molecule has 2 aliphatic heterocycles. The highest BCUT2D eigenvalue weighted by Crippen LogP contribution is 2.29. The third-order valence-electron chi connectivity index (χ3n) is 5.04. The van der Waals surface area contributed by atoms with E-state index in [1.54, 1.807) is 18.4 Å². The number of hydrogen-bond acceptors (Lipinski definition) is 8. The van der Waals surface area contributed by atoms with Crippen molar-refractivity contribution in [3.63, 3.8) is 0 Å². The topological polar surface area (TPSA) is 89.8 Å². The third kappa shape index (κ3) is 4.53. The Labute approximate surface area is 175 Å². The molecule has 2 aromatic rings. The lowest BCUT2D eigenvalue weighted by molar-refractivity contribution is 0.0431. The first-order valence-electron chi connectivity index (χ1n) is 9.48. The fourth-order valence-corrected chi connectivity index (χ4v) is 4.86. The lowest BCUT2D eigenvalue weighted by atomic mass is 10.2. The van der Waals surface area contributed by atoms with E-state index in [0.717, 1.165) is 17.1 Å². The van der Waals surface area contributed by atoms with Gasteiger partial charge in [-0.05, 0) is 26.0 Å². The molecule has 0 unspecified atom stereocenters. The van der Waals surface area contributed by atoms with Gasteiger partial charge >= 0.3 is 0 Å². The largest absolute Gasteiger partial charge is 0.379 e. The maximum atomic E-state index is 13.1. The number of anilines is 1. The summed E-state index contributed by atoms with van der Waals surface area (Å²) < 4.78 is 28.3. The van der Waals surface area contributed by atoms with Crippen molar-refractivity contribution in [1.29, 1.82) is 0 Å². The maximum absolute atomic E-state index is 13.1. The third-order valence-corrected chi connectivity index (χ3v) is 7.29. The van der Waals surface area contributed by atoms with Crippen LogP contribution in [0.2, 0.25) is 5.15 Å². The number of rotatable bonds is 4. The maximum Gasteiger partial charge on any atom is 0.167 e. The van der Waals surface area contributed by atoms with Crippen molar-refractivity contribution in [2.24, 2.45) is 4.36 Å². The lowest BCUT2D eigenvalue weighted by Crippen LogP contribution is -2.44. The number of aromatic nitrogens is 3. The Bertz CT molecular complexity index is 1020. The number of halogens is 1. The van der Waals surface area contributed by atoms with Gasteiger partial charge in [0.2, 0.25) is 0 Å². The van der Waals surface area contributed by atoms with Crippen LogP contribution in [0.1, 0.15) is 12.6 Å². The minimum atomic E-state index is -2.47. The second-order valence-corrected chi connectivity index (χ2v) is 10.4. The second-order valence-electron chi connectivity index (χ2n) is 7.46. The zero-order chi connectivity index (χ0) is 20.6. The summed E-state index contributed by atoms with van der Waals surface area (Å²) in [5.41, 5.74) is 1.52. The highest BCUT2D eigenvalue weighted by molar-refractivity contribution is 7.93. The Hall–Kier alpha value is -1.81. The fourth-order valence-electron chi connectivity index (χ4n) is 3.30. The van der Waals surface area contributed by atoms with Crippen LogP contribution >= 0.6 is 11.6 Å². The Morgan fingerprint density at radius 2 is 1.97 bits per heavy atom. The number of ether oxygens (including phenoxy) is 2. The molecule has 2 saturated heterocycles. The van der Waals surface area contributed by atoms with Gasteiger partial charge in [0.25, 0.3) is 0 Å². The van der Waals surface area contributed by atoms with Gasteiger partial charge in [-0.1, -0.05) is 11.6 Å². The highest BCUT2D eigenvalue weighted by Gasteiger charge is 2.28. The van der Waals surface area contributed by atoms with Crippen LogP contribution in [0.15, 0.2) is 22.6 Å². The number of pyridine rings is 1. The quantitative estimate of drug-likeness (QED) is 0.679. The normalized spacial score (nSPS) is 22.1. The number of morpholine rings is 1. The van der Waals surface area contributed by atoms with E-state index < -0.39 is 9.73 Å². The van der Waals surface area contributed by atoms with Crippen LogP contribution in [-0.2, 0) is 19.2 Å². The van der Waals surface area contributed by atoms with Gasteiger partial charge in [-0.3, -0.25) is 0 Å². The zero-order valence-electron chi connectivity index (χ0n) is 16.7. The monoisotopic (exact) mass is 437 g/mol. The molecule has 10 heteroatoms. The van der Waals surface area contributed by atoms with E-state index in [2.05, 4.69) is 26.2 Å². The average Bonchev–Trinajstić information content (AvgIpc) is 2.58. The van der Waals surface area contributed by atoms with Gasteiger partial charge in [-0.2, -0.15) is 4.36 Å². The van der Waals surface area contributed by atoms with Crippen molar-refractivity contribution in [1.82, 2.24) is 15.0 Å². The molecule has 29 heavy (non-hydrogen) atoms. The van der Waals surface area contributed by atoms with E-state index in [-0.39, 0.29) is 11.3 Å². The Morgan fingerprint density at radius 1 is 1.17 bits per heavy atom. The van der Waals surface area contributed by atoms with Crippen molar-refractivity contribution < 1.29 is 13.7 Å². The second kappa shape index (κ2) is 8.14. The van der Waals surface area contributed by atoms with Crippen molar-refractivity contribution >= 4 is 33.0 Å². The molecule has 0 aliphatic carbocycles. The molecule has 0 amide bonds. The number of hydrogen-bond donors (Lipinski definition) is 0. The van der Waals surface area contributed by atoms with Gasteiger partial charge in [0.15, 0.2) is 11.6 Å². The summed E-state index contributed by atoms with van der Waals surface area (Å²) in [6, 6.07) is 5.56. The van der Waals surface area contributed by atoms with Crippen LogP contribution in [0, 0.1) is 6.92 Å². The first kappa shape index (κ1) is 20.5. The molecule has 0 aromatic carbocycles. The molecule has 0 saturated carbocycles. The van der Waals surface area contributed by atoms with Crippen LogP contribution in [0.4, 0.5) is 11.6 Å². The summed E-state index contributed by atoms with van der Waals surface area (Å²) in [5.74, 6) is 1.61. The lowest BCUT2D eigenvalue weighted by Gasteiger charge is -2.34. The van der Waals surface area contributed by atoms with Crippen LogP contribution in [0.3, 0.4) is 0 Å². The molecular formula is C19H24ClN5O3S. The first-order valence-corrected chi connectivity index (χ1v) is 11.8. The van der Waals surface area contributed by atoms with E-state index in [1.807, 2.05) is 13.0 Å². The molecule has 0 N–H and O–H groups in total. The first-order chi connectivity index (χ1) is 13.8. The summed E-state index contributed by atoms with van der Waals surface area (Å²) in [6.45, 7) is 6.83. The molecule has 0 spiro atoms. The minimum absolute atomic E-state index is 0.0794. The van der Waals surface area contributed by atoms with Gasteiger partial charge in [-0.15, -0.1) is 0 Å². The SMILES string of the molecule is Cc1cc(-c2nc(N=[S@@](C)(=O)C3COC3)cc(N3CCOC[C@H]3C)n2)cc(Cl)n1. The minimum Gasteiger partial charge on any atom is -0.379 e. The zero-order valence-corrected chi connectivity index (χ0v) is 18.2. The molecule has 2 aliphatic rings. The van der Waals surface area contributed by atoms with Crippen LogP contribution in [0.25, 0.3) is 11.4 Å². The molecule has 2 aromatic heterocycles. The van der Waals surface area contributed by atoms with Crippen LogP contribution in [-0.4, -0.2) is 69.7 Å². The van der Waals surface area contributed by atoms with Crippen molar-refractivity contribution in [2.45, 2.75) is 25.1 Å². The van der Waals surface area contributed by atoms with E-state index in [1.165, 1.54) is 0 Å². The summed E-state index contributed by atoms with van der Waals surface area (Å²) >= 11 is 6.15. The summed E-state index contributed by atoms with van der Waals surface area (Å²) in [4.78, 5) is 15.7. The fraction of sp³-hybridized carbons (Fsp3) is 0.526. The van der Waals surface area contributed by atoms with E-state index in [9.17, 15) is 4.21 Å². The highest BCUT2D eigenvalue weighted by atomic mass is 35.5. The van der Waals surface area contributed by atoms with Crippen LogP contribution in [0.5, 0.6) is 0 Å². The van der Waals surface area contributed by atoms with Crippen molar-refractivity contribution in [2.75, 3.05) is 44.1 Å². The number of aryl methyl sites for hydroxylation is 1. The molecule has 4 rings (SSSR count). The summed E-state index contributed by atoms with van der Waals surface area (Å²) in [6.07, 6.45) is 1.66. The molecule has 2 fully saturated rings. The van der Waals surface area contributed by atoms with Gasteiger partial charge in [0, 0.05) is 30.1 Å². The summed E-state index contributed by atoms with van der Waals surface area (Å²) in [5, 5.41) is 0.294. The van der Waals surface area contributed by atoms with Crippen LogP contribution < -0.4 is 4.90 Å². The van der Waals surface area contributed by atoms with Gasteiger partial charge < -0.3 is 14.4 Å². The molecule has 4 heterocycles. The van der Waals surface area contributed by atoms with Gasteiger partial charge in [-0.25, -0.2) is 19.2 Å². The molecule has 2 atom stereocenters. The average molecular weight is 438 g/mol. The molecule has 156 valence electrons.